The van der Waals surface area contributed by atoms with Crippen LogP contribution in [0.15, 0.2) is 59.7 Å². The van der Waals surface area contributed by atoms with Gasteiger partial charge in [0.25, 0.3) is 0 Å². The van der Waals surface area contributed by atoms with Crippen molar-refractivity contribution in [3.05, 3.63) is 70.8 Å². The molecule has 4 rings (SSSR count). The summed E-state index contributed by atoms with van der Waals surface area (Å²) in [7, 11) is 2.14. The van der Waals surface area contributed by atoms with Crippen molar-refractivity contribution in [2.24, 2.45) is 0 Å². The number of benzene rings is 2. The number of hydrogen-bond donors (Lipinski definition) is 0. The van der Waals surface area contributed by atoms with Gasteiger partial charge in [-0.15, -0.1) is 0 Å². The molecule has 0 spiro atoms. The van der Waals surface area contributed by atoms with Crippen molar-refractivity contribution < 1.29 is 14.3 Å². The molecule has 2 aliphatic rings. The Kier molecular flexibility index (Phi) is 8.23. The molecule has 2 aromatic carbocycles. The van der Waals surface area contributed by atoms with Gasteiger partial charge in [0.15, 0.2) is 5.78 Å². The first kappa shape index (κ1) is 24.3. The van der Waals surface area contributed by atoms with E-state index in [2.05, 4.69) is 37.9 Å². The number of carbonyl (C=O) groups excluding carboxylic acids is 1. The van der Waals surface area contributed by atoms with Crippen LogP contribution in [-0.2, 0) is 4.79 Å². The van der Waals surface area contributed by atoms with Gasteiger partial charge in [-0.25, -0.2) is 0 Å². The van der Waals surface area contributed by atoms with Gasteiger partial charge in [-0.2, -0.15) is 0 Å². The van der Waals surface area contributed by atoms with E-state index in [4.69, 9.17) is 9.47 Å². The second-order valence-electron chi connectivity index (χ2n) is 9.34. The maximum absolute atomic E-state index is 13.6. The summed E-state index contributed by atoms with van der Waals surface area (Å²) < 4.78 is 11.6. The third-order valence-corrected chi connectivity index (χ3v) is 6.88. The Morgan fingerprint density at radius 1 is 0.765 bits per heavy atom. The molecule has 180 valence electrons. The highest BCUT2D eigenvalue weighted by atomic mass is 16.5. The molecule has 4 nitrogen and oxygen atoms in total. The second kappa shape index (κ2) is 11.5. The number of likely N-dealkylation sites (N-methyl/N-ethyl adjacent to an activating group) is 1. The van der Waals surface area contributed by atoms with Crippen molar-refractivity contribution in [3.8, 4) is 11.5 Å². The first-order valence-electron chi connectivity index (χ1n) is 12.8. The van der Waals surface area contributed by atoms with Crippen LogP contribution in [0.4, 0.5) is 0 Å². The number of Topliss-reactive ketones (excluding diaryl/α,β-unsaturated/α-hetero) is 1. The number of ether oxygens (including phenoxy) is 2. The highest BCUT2D eigenvalue weighted by molar-refractivity contribution is 6.16. The number of hydrogen-bond acceptors (Lipinski definition) is 4. The van der Waals surface area contributed by atoms with Gasteiger partial charge in [-0.3, -0.25) is 9.69 Å². The Morgan fingerprint density at radius 3 is 1.56 bits per heavy atom. The van der Waals surface area contributed by atoms with E-state index in [9.17, 15) is 4.79 Å². The van der Waals surface area contributed by atoms with E-state index in [0.717, 1.165) is 85.5 Å². The van der Waals surface area contributed by atoms with Crippen molar-refractivity contribution in [1.82, 2.24) is 4.90 Å². The molecule has 0 radical (unpaired) electrons. The predicted octanol–water partition coefficient (Wildman–Crippen LogP) is 6.56. The smallest absolute Gasteiger partial charge is 0.188 e. The summed E-state index contributed by atoms with van der Waals surface area (Å²) in [6.45, 7) is 5.80. The second-order valence-corrected chi connectivity index (χ2v) is 9.34. The van der Waals surface area contributed by atoms with Gasteiger partial charge in [0.1, 0.15) is 11.5 Å². The number of rotatable bonds is 10. The lowest BCUT2D eigenvalue weighted by atomic mass is 9.88. The van der Waals surface area contributed by atoms with Crippen molar-refractivity contribution in [2.75, 3.05) is 20.3 Å². The molecule has 0 saturated carbocycles. The summed E-state index contributed by atoms with van der Waals surface area (Å²) in [5, 5.41) is 0. The van der Waals surface area contributed by atoms with Crippen LogP contribution in [0.2, 0.25) is 0 Å². The highest BCUT2D eigenvalue weighted by Crippen LogP contribution is 2.40. The number of nitrogens with zero attached hydrogens (tertiary/aromatic N) is 1. The van der Waals surface area contributed by atoms with Gasteiger partial charge in [0.05, 0.1) is 13.2 Å². The van der Waals surface area contributed by atoms with Gasteiger partial charge in [0, 0.05) is 23.2 Å². The minimum absolute atomic E-state index is 0.178. The van der Waals surface area contributed by atoms with Gasteiger partial charge < -0.3 is 9.47 Å². The Morgan fingerprint density at radius 2 is 1.18 bits per heavy atom. The lowest BCUT2D eigenvalue weighted by Gasteiger charge is -2.34. The fourth-order valence-electron chi connectivity index (χ4n) is 4.83. The molecule has 0 aliphatic carbocycles. The van der Waals surface area contributed by atoms with Crippen LogP contribution in [0.25, 0.3) is 12.2 Å². The number of ketones is 1. The first-order valence-corrected chi connectivity index (χ1v) is 12.8. The zero-order valence-corrected chi connectivity index (χ0v) is 20.8. The highest BCUT2D eigenvalue weighted by Gasteiger charge is 2.44. The molecule has 2 saturated heterocycles. The minimum atomic E-state index is 0.178. The van der Waals surface area contributed by atoms with E-state index in [1.54, 1.807) is 0 Å². The fraction of sp³-hybridized carbons (Fsp3) is 0.433. The van der Waals surface area contributed by atoms with Crippen LogP contribution in [-0.4, -0.2) is 43.0 Å². The number of fused-ring (bicyclic) bond motifs is 2. The van der Waals surface area contributed by atoms with E-state index < -0.39 is 0 Å². The molecule has 2 fully saturated rings. The Bertz CT molecular complexity index is 939. The van der Waals surface area contributed by atoms with Crippen LogP contribution >= 0.6 is 0 Å². The molecular formula is C30H37NO3. The molecule has 0 N–H and O–H groups in total. The predicted molar refractivity (Wildman–Crippen MR) is 139 cm³/mol. The monoisotopic (exact) mass is 459 g/mol. The lowest BCUT2D eigenvalue weighted by Crippen LogP contribution is -2.43. The van der Waals surface area contributed by atoms with E-state index in [1.165, 1.54) is 0 Å². The Balaban J connectivity index is 1.53. The zero-order chi connectivity index (χ0) is 23.9. The largest absolute Gasteiger partial charge is 0.494 e. The van der Waals surface area contributed by atoms with Crippen LogP contribution in [0, 0.1) is 0 Å². The molecule has 2 bridgehead atoms. The van der Waals surface area contributed by atoms with Gasteiger partial charge in [0.2, 0.25) is 0 Å². The van der Waals surface area contributed by atoms with E-state index in [-0.39, 0.29) is 17.9 Å². The van der Waals surface area contributed by atoms with Crippen molar-refractivity contribution >= 4 is 17.9 Å². The third-order valence-electron chi connectivity index (χ3n) is 6.88. The molecule has 2 atom stereocenters. The van der Waals surface area contributed by atoms with Gasteiger partial charge in [-0.1, -0.05) is 51.0 Å². The van der Waals surface area contributed by atoms with Crippen molar-refractivity contribution in [1.29, 1.82) is 0 Å². The summed E-state index contributed by atoms with van der Waals surface area (Å²) >= 11 is 0. The molecular weight excluding hydrogens is 422 g/mol. The quantitative estimate of drug-likeness (QED) is 0.298. The molecule has 2 heterocycles. The zero-order valence-electron chi connectivity index (χ0n) is 20.8. The minimum Gasteiger partial charge on any atom is -0.494 e. The molecule has 2 aromatic rings. The third kappa shape index (κ3) is 5.61. The topological polar surface area (TPSA) is 38.8 Å². The summed E-state index contributed by atoms with van der Waals surface area (Å²) in [5.41, 5.74) is 3.86. The van der Waals surface area contributed by atoms with Crippen LogP contribution < -0.4 is 9.47 Å². The summed E-state index contributed by atoms with van der Waals surface area (Å²) in [6, 6.07) is 16.5. The van der Waals surface area contributed by atoms with Crippen molar-refractivity contribution in [3.63, 3.8) is 0 Å². The lowest BCUT2D eigenvalue weighted by molar-refractivity contribution is -0.114. The number of unbranched alkanes of at least 4 members (excludes halogenated alkanes) is 2. The van der Waals surface area contributed by atoms with E-state index >= 15 is 0 Å². The SMILES string of the molecule is CCCCOc1ccc(/C=C2/C(=O)/C(=C/c3ccc(OCCCC)cc3)[C@H]3CC[C@H]2N3C)cc1. The van der Waals surface area contributed by atoms with Crippen molar-refractivity contribution in [2.45, 2.75) is 64.5 Å². The maximum atomic E-state index is 13.6. The fourth-order valence-corrected chi connectivity index (χ4v) is 4.83. The Labute approximate surface area is 204 Å². The summed E-state index contributed by atoms with van der Waals surface area (Å²) in [6.07, 6.45) is 10.5. The molecule has 0 amide bonds. The van der Waals surface area contributed by atoms with Crippen LogP contribution in [0.1, 0.15) is 63.5 Å². The number of piperidine rings is 1. The summed E-state index contributed by atoms with van der Waals surface area (Å²) in [4.78, 5) is 16.0. The summed E-state index contributed by atoms with van der Waals surface area (Å²) in [5.74, 6) is 1.94. The standard InChI is InChI=1S/C30H37NO3/c1-4-6-18-33-24-12-8-22(9-13-24)20-26-28-16-17-29(31(28)3)27(30(26)32)21-23-10-14-25(15-11-23)34-19-7-5-2/h8-15,20-21,28-29H,4-7,16-19H2,1-3H3/b26-20+,27-21+/t28-,29-/m1/s1. The number of carbonyl (C=O) groups is 1. The maximum Gasteiger partial charge on any atom is 0.188 e. The molecule has 0 unspecified atom stereocenters. The normalized spacial score (nSPS) is 22.5. The molecule has 2 aliphatic heterocycles. The van der Waals surface area contributed by atoms with Gasteiger partial charge in [-0.05, 0) is 80.3 Å². The average molecular weight is 460 g/mol. The van der Waals surface area contributed by atoms with Crippen LogP contribution in [0.3, 0.4) is 0 Å². The molecule has 34 heavy (non-hydrogen) atoms. The Hall–Kier alpha value is -2.85. The molecule has 4 heteroatoms. The average Bonchev–Trinajstić information content (AvgIpc) is 3.16. The molecule has 0 aromatic heterocycles. The first-order chi connectivity index (χ1) is 16.6. The van der Waals surface area contributed by atoms with Gasteiger partial charge >= 0.3 is 0 Å². The van der Waals surface area contributed by atoms with E-state index in [1.807, 2.05) is 48.5 Å². The van der Waals surface area contributed by atoms with E-state index in [0.29, 0.717) is 0 Å². The van der Waals surface area contributed by atoms with Crippen LogP contribution in [0.5, 0.6) is 11.5 Å².